The summed E-state index contributed by atoms with van der Waals surface area (Å²) in [5.74, 6) is 0.866. The zero-order chi connectivity index (χ0) is 12.3. The molecule has 7 heteroatoms. The molecule has 0 amide bonds. The lowest BCUT2D eigenvalue weighted by atomic mass is 10.4. The number of nitrogen functional groups attached to an aromatic ring is 1. The third kappa shape index (κ3) is 3.10. The van der Waals surface area contributed by atoms with Crippen molar-refractivity contribution in [2.75, 3.05) is 11.1 Å². The van der Waals surface area contributed by atoms with Gasteiger partial charge in [-0.2, -0.15) is 4.98 Å². The molecule has 0 atom stereocenters. The van der Waals surface area contributed by atoms with E-state index in [1.807, 2.05) is 6.92 Å². The first-order valence-electron chi connectivity index (χ1n) is 4.94. The van der Waals surface area contributed by atoms with Crippen molar-refractivity contribution in [1.29, 1.82) is 0 Å². The molecule has 0 saturated heterocycles. The number of rotatable bonds is 3. The molecule has 3 N–H and O–H groups in total. The molecule has 0 saturated carbocycles. The standard InChI is InChI=1S/C10H11BrN6/c1-6-2-14-7(3-13-6)4-15-9-8(11)5-16-10(12)17-9/h2-3,5H,4H2,1H3,(H3,12,15,16,17). The number of hydrogen-bond donors (Lipinski definition) is 2. The smallest absolute Gasteiger partial charge is 0.221 e. The highest BCUT2D eigenvalue weighted by atomic mass is 79.9. The van der Waals surface area contributed by atoms with Gasteiger partial charge in [-0.15, -0.1) is 0 Å². The van der Waals surface area contributed by atoms with Crippen LogP contribution in [0.15, 0.2) is 23.1 Å². The molecule has 0 radical (unpaired) electrons. The van der Waals surface area contributed by atoms with E-state index < -0.39 is 0 Å². The van der Waals surface area contributed by atoms with Crippen LogP contribution in [0.1, 0.15) is 11.4 Å². The van der Waals surface area contributed by atoms with Gasteiger partial charge in [0, 0.05) is 12.4 Å². The van der Waals surface area contributed by atoms with E-state index in [-0.39, 0.29) is 5.95 Å². The lowest BCUT2D eigenvalue weighted by molar-refractivity contribution is 0.972. The predicted octanol–water partition coefficient (Wildman–Crippen LogP) is 1.53. The van der Waals surface area contributed by atoms with Gasteiger partial charge < -0.3 is 11.1 Å². The molecule has 17 heavy (non-hydrogen) atoms. The van der Waals surface area contributed by atoms with Gasteiger partial charge in [0.25, 0.3) is 0 Å². The van der Waals surface area contributed by atoms with E-state index >= 15 is 0 Å². The Bertz CT molecular complexity index is 513. The first-order chi connectivity index (χ1) is 8.15. The minimum atomic E-state index is 0.227. The molecule has 88 valence electrons. The Morgan fingerprint density at radius 1 is 1.24 bits per heavy atom. The zero-order valence-electron chi connectivity index (χ0n) is 9.18. The van der Waals surface area contributed by atoms with E-state index in [1.54, 1.807) is 18.6 Å². The molecule has 0 fully saturated rings. The number of aryl methyl sites for hydroxylation is 1. The topological polar surface area (TPSA) is 89.6 Å². The molecule has 2 heterocycles. The van der Waals surface area contributed by atoms with Crippen molar-refractivity contribution in [2.45, 2.75) is 13.5 Å². The molecule has 6 nitrogen and oxygen atoms in total. The summed E-state index contributed by atoms with van der Waals surface area (Å²) in [5, 5.41) is 3.11. The van der Waals surface area contributed by atoms with Crippen LogP contribution < -0.4 is 11.1 Å². The van der Waals surface area contributed by atoms with Crippen molar-refractivity contribution >= 4 is 27.7 Å². The fourth-order valence-electron chi connectivity index (χ4n) is 1.19. The zero-order valence-corrected chi connectivity index (χ0v) is 10.8. The van der Waals surface area contributed by atoms with Gasteiger partial charge in [0.2, 0.25) is 5.95 Å². The maximum atomic E-state index is 5.51. The van der Waals surface area contributed by atoms with Gasteiger partial charge in [0.15, 0.2) is 0 Å². The van der Waals surface area contributed by atoms with E-state index in [9.17, 15) is 0 Å². The van der Waals surface area contributed by atoms with Crippen molar-refractivity contribution in [3.05, 3.63) is 34.5 Å². The number of nitrogens with one attached hydrogen (secondary N) is 1. The summed E-state index contributed by atoms with van der Waals surface area (Å²) in [4.78, 5) is 16.3. The quantitative estimate of drug-likeness (QED) is 0.892. The average molecular weight is 295 g/mol. The van der Waals surface area contributed by atoms with E-state index in [4.69, 9.17) is 5.73 Å². The minimum Gasteiger partial charge on any atom is -0.368 e. The fraction of sp³-hybridized carbons (Fsp3) is 0.200. The van der Waals surface area contributed by atoms with Crippen molar-refractivity contribution in [3.63, 3.8) is 0 Å². The van der Waals surface area contributed by atoms with Crippen LogP contribution in [-0.4, -0.2) is 19.9 Å². The highest BCUT2D eigenvalue weighted by Crippen LogP contribution is 2.19. The summed E-state index contributed by atoms with van der Waals surface area (Å²) in [7, 11) is 0. The van der Waals surface area contributed by atoms with Crippen LogP contribution in [-0.2, 0) is 6.54 Å². The highest BCUT2D eigenvalue weighted by molar-refractivity contribution is 9.10. The van der Waals surface area contributed by atoms with Crippen LogP contribution in [0.3, 0.4) is 0 Å². The predicted molar refractivity (Wildman–Crippen MR) is 68.2 cm³/mol. The molecule has 0 aliphatic carbocycles. The van der Waals surface area contributed by atoms with E-state index in [1.165, 1.54) is 0 Å². The molecule has 0 aliphatic rings. The van der Waals surface area contributed by atoms with Crippen LogP contribution >= 0.6 is 15.9 Å². The first kappa shape index (κ1) is 11.7. The van der Waals surface area contributed by atoms with Gasteiger partial charge in [-0.1, -0.05) is 0 Å². The first-order valence-corrected chi connectivity index (χ1v) is 5.74. The lowest BCUT2D eigenvalue weighted by Crippen LogP contribution is -2.06. The molecule has 2 aromatic rings. The Kier molecular flexibility index (Phi) is 3.48. The Morgan fingerprint density at radius 2 is 2.06 bits per heavy atom. The normalized spacial score (nSPS) is 10.2. The molecule has 0 aromatic carbocycles. The Hall–Kier alpha value is -1.76. The van der Waals surface area contributed by atoms with Gasteiger partial charge in [0.05, 0.1) is 28.6 Å². The van der Waals surface area contributed by atoms with E-state index in [2.05, 4.69) is 41.2 Å². The Balaban J connectivity index is 2.07. The van der Waals surface area contributed by atoms with Crippen LogP contribution in [0.5, 0.6) is 0 Å². The average Bonchev–Trinajstić information content (AvgIpc) is 2.32. The number of nitrogens with two attached hydrogens (primary N) is 1. The molecule has 2 aromatic heterocycles. The largest absolute Gasteiger partial charge is 0.368 e. The fourth-order valence-corrected chi connectivity index (χ4v) is 1.52. The third-order valence-corrected chi connectivity index (χ3v) is 2.61. The number of anilines is 2. The van der Waals surface area contributed by atoms with Crippen LogP contribution in [0.4, 0.5) is 11.8 Å². The molecular formula is C10H11BrN6. The number of aromatic nitrogens is 4. The van der Waals surface area contributed by atoms with Crippen molar-refractivity contribution in [3.8, 4) is 0 Å². The second-order valence-corrected chi connectivity index (χ2v) is 4.28. The Morgan fingerprint density at radius 3 is 2.76 bits per heavy atom. The molecule has 2 rings (SSSR count). The molecule has 0 spiro atoms. The van der Waals surface area contributed by atoms with E-state index in [0.29, 0.717) is 12.4 Å². The summed E-state index contributed by atoms with van der Waals surface area (Å²) in [6.45, 7) is 2.42. The SMILES string of the molecule is Cc1cnc(CNc2nc(N)ncc2Br)cn1. The third-order valence-electron chi connectivity index (χ3n) is 2.03. The maximum absolute atomic E-state index is 5.51. The molecule has 0 unspecified atom stereocenters. The molecular weight excluding hydrogens is 284 g/mol. The van der Waals surface area contributed by atoms with Crippen LogP contribution in [0, 0.1) is 6.92 Å². The van der Waals surface area contributed by atoms with Crippen molar-refractivity contribution in [1.82, 2.24) is 19.9 Å². The number of nitrogens with zero attached hydrogens (tertiary/aromatic N) is 4. The van der Waals surface area contributed by atoms with Gasteiger partial charge in [0.1, 0.15) is 5.82 Å². The summed E-state index contributed by atoms with van der Waals surface area (Å²) in [5.41, 5.74) is 7.23. The van der Waals surface area contributed by atoms with Gasteiger partial charge in [-0.3, -0.25) is 9.97 Å². The van der Waals surface area contributed by atoms with E-state index in [0.717, 1.165) is 15.9 Å². The summed E-state index contributed by atoms with van der Waals surface area (Å²) in [6, 6.07) is 0. The summed E-state index contributed by atoms with van der Waals surface area (Å²) >= 11 is 3.34. The Labute approximate surface area is 107 Å². The number of halogens is 1. The highest BCUT2D eigenvalue weighted by Gasteiger charge is 2.03. The molecule has 0 aliphatic heterocycles. The molecule has 0 bridgehead atoms. The summed E-state index contributed by atoms with van der Waals surface area (Å²) in [6.07, 6.45) is 5.05. The maximum Gasteiger partial charge on any atom is 0.221 e. The summed E-state index contributed by atoms with van der Waals surface area (Å²) < 4.78 is 0.756. The van der Waals surface area contributed by atoms with Gasteiger partial charge >= 0.3 is 0 Å². The second kappa shape index (κ2) is 5.05. The monoisotopic (exact) mass is 294 g/mol. The minimum absolute atomic E-state index is 0.227. The number of hydrogen-bond acceptors (Lipinski definition) is 6. The van der Waals surface area contributed by atoms with Crippen molar-refractivity contribution < 1.29 is 0 Å². The van der Waals surface area contributed by atoms with Crippen LogP contribution in [0.2, 0.25) is 0 Å². The second-order valence-electron chi connectivity index (χ2n) is 3.43. The van der Waals surface area contributed by atoms with Crippen LogP contribution in [0.25, 0.3) is 0 Å². The lowest BCUT2D eigenvalue weighted by Gasteiger charge is -2.07. The van der Waals surface area contributed by atoms with Crippen molar-refractivity contribution in [2.24, 2.45) is 0 Å². The van der Waals surface area contributed by atoms with Gasteiger partial charge in [-0.05, 0) is 22.9 Å². The van der Waals surface area contributed by atoms with Gasteiger partial charge in [-0.25, -0.2) is 4.98 Å².